The molecule has 18 heavy (non-hydrogen) atoms. The second-order valence-corrected chi connectivity index (χ2v) is 5.28. The molecule has 0 saturated carbocycles. The normalized spacial score (nSPS) is 11.7. The molecule has 0 aliphatic rings. The van der Waals surface area contributed by atoms with Crippen LogP contribution < -0.4 is 4.72 Å². The molecule has 1 heterocycles. The standard InChI is InChI=1S/C11H12FN3O2S/c1-2-14-18(16,17)11-6-7-13-15(11)10-5-3-4-9(12)8-10/h3-8,14H,2H2,1H3. The lowest BCUT2D eigenvalue weighted by atomic mass is 10.3. The van der Waals surface area contributed by atoms with E-state index in [1.807, 2.05) is 0 Å². The molecule has 1 N–H and O–H groups in total. The summed E-state index contributed by atoms with van der Waals surface area (Å²) in [5, 5.41) is 3.89. The average molecular weight is 269 g/mol. The molecule has 0 unspecified atom stereocenters. The van der Waals surface area contributed by atoms with Crippen molar-refractivity contribution >= 4 is 10.0 Å². The third-order valence-electron chi connectivity index (χ3n) is 2.27. The van der Waals surface area contributed by atoms with Gasteiger partial charge in [-0.3, -0.25) is 0 Å². The maximum atomic E-state index is 13.1. The van der Waals surface area contributed by atoms with Crippen LogP contribution in [0.5, 0.6) is 0 Å². The summed E-state index contributed by atoms with van der Waals surface area (Å²) in [7, 11) is -3.63. The van der Waals surface area contributed by atoms with Crippen LogP contribution in [0.15, 0.2) is 41.6 Å². The first kappa shape index (κ1) is 12.7. The second kappa shape index (κ2) is 4.87. The van der Waals surface area contributed by atoms with E-state index >= 15 is 0 Å². The number of hydrogen-bond acceptors (Lipinski definition) is 3. The van der Waals surface area contributed by atoms with Gasteiger partial charge in [-0.25, -0.2) is 22.2 Å². The predicted molar refractivity (Wildman–Crippen MR) is 64.4 cm³/mol. The molecule has 5 nitrogen and oxygen atoms in total. The third kappa shape index (κ3) is 2.41. The minimum absolute atomic E-state index is 0.0186. The van der Waals surface area contributed by atoms with E-state index < -0.39 is 15.8 Å². The molecular formula is C11H12FN3O2S. The van der Waals surface area contributed by atoms with Gasteiger partial charge in [0.05, 0.1) is 11.9 Å². The highest BCUT2D eigenvalue weighted by atomic mass is 32.2. The zero-order valence-corrected chi connectivity index (χ0v) is 10.5. The maximum Gasteiger partial charge on any atom is 0.258 e. The molecule has 2 rings (SSSR count). The highest BCUT2D eigenvalue weighted by Gasteiger charge is 2.19. The summed E-state index contributed by atoms with van der Waals surface area (Å²) in [4.78, 5) is 0. The molecular weight excluding hydrogens is 257 g/mol. The van der Waals surface area contributed by atoms with Gasteiger partial charge in [0.25, 0.3) is 10.0 Å². The minimum atomic E-state index is -3.63. The number of nitrogens with zero attached hydrogens (tertiary/aromatic N) is 2. The topological polar surface area (TPSA) is 64.0 Å². The lowest BCUT2D eigenvalue weighted by Crippen LogP contribution is -2.25. The van der Waals surface area contributed by atoms with Gasteiger partial charge in [-0.05, 0) is 24.3 Å². The number of halogens is 1. The van der Waals surface area contributed by atoms with Crippen molar-refractivity contribution in [1.82, 2.24) is 14.5 Å². The quantitative estimate of drug-likeness (QED) is 0.910. The largest absolute Gasteiger partial charge is 0.258 e. The SMILES string of the molecule is CCNS(=O)(=O)c1ccnn1-c1cccc(F)c1. The molecule has 1 aromatic carbocycles. The van der Waals surface area contributed by atoms with Gasteiger partial charge in [0, 0.05) is 6.54 Å². The van der Waals surface area contributed by atoms with Gasteiger partial charge < -0.3 is 0 Å². The summed E-state index contributed by atoms with van der Waals surface area (Å²) in [6.07, 6.45) is 1.36. The van der Waals surface area contributed by atoms with Crippen LogP contribution in [0.25, 0.3) is 5.69 Å². The highest BCUT2D eigenvalue weighted by Crippen LogP contribution is 2.15. The Labute approximate surface area is 104 Å². The number of benzene rings is 1. The minimum Gasteiger partial charge on any atom is -0.221 e. The van der Waals surface area contributed by atoms with Gasteiger partial charge in [0.2, 0.25) is 0 Å². The number of aromatic nitrogens is 2. The van der Waals surface area contributed by atoms with Gasteiger partial charge in [-0.2, -0.15) is 5.10 Å². The highest BCUT2D eigenvalue weighted by molar-refractivity contribution is 7.89. The van der Waals surface area contributed by atoms with E-state index in [2.05, 4.69) is 9.82 Å². The molecule has 0 aliphatic heterocycles. The van der Waals surface area contributed by atoms with Crippen molar-refractivity contribution in [2.75, 3.05) is 6.54 Å². The lowest BCUT2D eigenvalue weighted by Gasteiger charge is -2.08. The summed E-state index contributed by atoms with van der Waals surface area (Å²) >= 11 is 0. The average Bonchev–Trinajstić information content (AvgIpc) is 2.78. The molecule has 0 amide bonds. The molecule has 0 bridgehead atoms. The molecule has 2 aromatic rings. The number of sulfonamides is 1. The van der Waals surface area contributed by atoms with Crippen LogP contribution in [0.1, 0.15) is 6.92 Å². The smallest absolute Gasteiger partial charge is 0.221 e. The van der Waals surface area contributed by atoms with Crippen LogP contribution in [0.2, 0.25) is 0 Å². The van der Waals surface area contributed by atoms with E-state index in [0.717, 1.165) is 0 Å². The number of nitrogens with one attached hydrogen (secondary N) is 1. The van der Waals surface area contributed by atoms with Gasteiger partial charge in [0.1, 0.15) is 5.82 Å². The Balaban J connectivity index is 2.52. The van der Waals surface area contributed by atoms with Crippen LogP contribution >= 0.6 is 0 Å². The van der Waals surface area contributed by atoms with Crippen LogP contribution in [0.3, 0.4) is 0 Å². The summed E-state index contributed by atoms with van der Waals surface area (Å²) in [5.41, 5.74) is 0.358. The second-order valence-electron chi connectivity index (χ2n) is 3.56. The predicted octanol–water partition coefficient (Wildman–Crippen LogP) is 1.31. The lowest BCUT2D eigenvalue weighted by molar-refractivity contribution is 0.572. The van der Waals surface area contributed by atoms with Gasteiger partial charge in [-0.1, -0.05) is 13.0 Å². The molecule has 7 heteroatoms. The summed E-state index contributed by atoms with van der Waals surface area (Å²) in [5.74, 6) is -0.449. The van der Waals surface area contributed by atoms with Gasteiger partial charge in [0.15, 0.2) is 5.03 Å². The Bertz CT molecular complexity index is 652. The molecule has 1 aromatic heterocycles. The van der Waals surface area contributed by atoms with Gasteiger partial charge in [-0.15, -0.1) is 0 Å². The number of hydrogen-bond donors (Lipinski definition) is 1. The summed E-state index contributed by atoms with van der Waals surface area (Å²) < 4.78 is 40.5. The first-order valence-electron chi connectivity index (χ1n) is 5.34. The van der Waals surface area contributed by atoms with Crippen molar-refractivity contribution in [3.05, 3.63) is 42.3 Å². The fourth-order valence-electron chi connectivity index (χ4n) is 1.56. The molecule has 96 valence electrons. The summed E-state index contributed by atoms with van der Waals surface area (Å²) in [6.45, 7) is 1.96. The molecule has 0 radical (unpaired) electrons. The molecule has 0 fully saturated rings. The summed E-state index contributed by atoms with van der Waals surface area (Å²) in [6, 6.07) is 6.95. The van der Waals surface area contributed by atoms with E-state index in [-0.39, 0.29) is 11.6 Å². The molecule has 0 saturated heterocycles. The van der Waals surface area contributed by atoms with E-state index in [0.29, 0.717) is 5.69 Å². The van der Waals surface area contributed by atoms with Crippen LogP contribution in [0.4, 0.5) is 4.39 Å². The fourth-order valence-corrected chi connectivity index (χ4v) is 2.71. The van der Waals surface area contributed by atoms with E-state index in [1.54, 1.807) is 13.0 Å². The Hall–Kier alpha value is -1.73. The van der Waals surface area contributed by atoms with Crippen LogP contribution in [0, 0.1) is 5.82 Å². The maximum absolute atomic E-state index is 13.1. The van der Waals surface area contributed by atoms with Crippen LogP contribution in [-0.2, 0) is 10.0 Å². The first-order chi connectivity index (χ1) is 8.54. The Morgan fingerprint density at radius 1 is 1.39 bits per heavy atom. The fraction of sp³-hybridized carbons (Fsp3) is 0.182. The van der Waals surface area contributed by atoms with Crippen molar-refractivity contribution in [3.63, 3.8) is 0 Å². The third-order valence-corrected chi connectivity index (χ3v) is 3.80. The zero-order valence-electron chi connectivity index (χ0n) is 9.67. The van der Waals surface area contributed by atoms with Crippen molar-refractivity contribution in [3.8, 4) is 5.69 Å². The van der Waals surface area contributed by atoms with Crippen molar-refractivity contribution in [2.24, 2.45) is 0 Å². The first-order valence-corrected chi connectivity index (χ1v) is 6.82. The van der Waals surface area contributed by atoms with Gasteiger partial charge >= 0.3 is 0 Å². The van der Waals surface area contributed by atoms with Crippen molar-refractivity contribution < 1.29 is 12.8 Å². The van der Waals surface area contributed by atoms with E-state index in [1.165, 1.54) is 35.1 Å². The Morgan fingerprint density at radius 3 is 2.83 bits per heavy atom. The van der Waals surface area contributed by atoms with Crippen molar-refractivity contribution in [1.29, 1.82) is 0 Å². The van der Waals surface area contributed by atoms with E-state index in [4.69, 9.17) is 0 Å². The molecule has 0 atom stereocenters. The van der Waals surface area contributed by atoms with E-state index in [9.17, 15) is 12.8 Å². The number of rotatable bonds is 4. The molecule has 0 spiro atoms. The van der Waals surface area contributed by atoms with Crippen LogP contribution in [-0.4, -0.2) is 24.7 Å². The molecule has 0 aliphatic carbocycles. The van der Waals surface area contributed by atoms with Crippen molar-refractivity contribution in [2.45, 2.75) is 11.9 Å². The Morgan fingerprint density at radius 2 is 2.17 bits per heavy atom. The monoisotopic (exact) mass is 269 g/mol. The zero-order chi connectivity index (χ0) is 13.2. The Kier molecular flexibility index (Phi) is 3.44.